The zero-order valence-electron chi connectivity index (χ0n) is 19.2. The SMILES string of the molecule is CN(C)CCNc1cc(C(=O)Nc2cc3nc(-c4cnc5n4CCNC5)ccc3cn2)ccn1. The third kappa shape index (κ3) is 4.73. The highest BCUT2D eigenvalue weighted by Crippen LogP contribution is 2.24. The minimum Gasteiger partial charge on any atom is -0.369 e. The van der Waals surface area contributed by atoms with E-state index in [1.165, 1.54) is 0 Å². The molecule has 4 aromatic rings. The van der Waals surface area contributed by atoms with Crippen molar-refractivity contribution in [1.82, 2.24) is 34.7 Å². The lowest BCUT2D eigenvalue weighted by atomic mass is 10.2. The van der Waals surface area contributed by atoms with E-state index in [4.69, 9.17) is 4.98 Å². The van der Waals surface area contributed by atoms with Gasteiger partial charge in [-0.2, -0.15) is 0 Å². The molecule has 0 saturated carbocycles. The summed E-state index contributed by atoms with van der Waals surface area (Å²) in [5, 5.41) is 10.3. The van der Waals surface area contributed by atoms with Crippen LogP contribution in [0.5, 0.6) is 0 Å². The molecule has 10 nitrogen and oxygen atoms in total. The maximum atomic E-state index is 12.8. The molecule has 0 aliphatic carbocycles. The number of carbonyl (C=O) groups excluding carboxylic acids is 1. The van der Waals surface area contributed by atoms with Gasteiger partial charge in [-0.05, 0) is 38.4 Å². The quantitative estimate of drug-likeness (QED) is 0.387. The summed E-state index contributed by atoms with van der Waals surface area (Å²) >= 11 is 0. The summed E-state index contributed by atoms with van der Waals surface area (Å²) < 4.78 is 2.20. The first kappa shape index (κ1) is 21.9. The largest absolute Gasteiger partial charge is 0.369 e. The van der Waals surface area contributed by atoms with Crippen LogP contribution in [0.2, 0.25) is 0 Å². The lowest BCUT2D eigenvalue weighted by Crippen LogP contribution is -2.28. The molecule has 5 heterocycles. The van der Waals surface area contributed by atoms with E-state index in [-0.39, 0.29) is 5.91 Å². The van der Waals surface area contributed by atoms with Gasteiger partial charge in [-0.3, -0.25) is 4.79 Å². The Labute approximate surface area is 197 Å². The summed E-state index contributed by atoms with van der Waals surface area (Å²) in [5.41, 5.74) is 3.10. The van der Waals surface area contributed by atoms with Crippen LogP contribution < -0.4 is 16.0 Å². The van der Waals surface area contributed by atoms with Gasteiger partial charge in [0.15, 0.2) is 0 Å². The van der Waals surface area contributed by atoms with Crippen molar-refractivity contribution in [3.05, 3.63) is 60.3 Å². The number of amides is 1. The summed E-state index contributed by atoms with van der Waals surface area (Å²) in [6, 6.07) is 9.19. The number of aromatic nitrogens is 5. The van der Waals surface area contributed by atoms with Crippen molar-refractivity contribution in [2.45, 2.75) is 13.1 Å². The summed E-state index contributed by atoms with van der Waals surface area (Å²) in [7, 11) is 4.02. The summed E-state index contributed by atoms with van der Waals surface area (Å²) in [6.07, 6.45) is 5.21. The molecular weight excluding hydrogens is 430 g/mol. The molecule has 3 N–H and O–H groups in total. The molecule has 10 heteroatoms. The molecule has 0 fully saturated rings. The predicted octanol–water partition coefficient (Wildman–Crippen LogP) is 2.22. The van der Waals surface area contributed by atoms with Gasteiger partial charge in [-0.15, -0.1) is 0 Å². The molecule has 0 radical (unpaired) electrons. The van der Waals surface area contributed by atoms with Gasteiger partial charge in [0.1, 0.15) is 17.5 Å². The van der Waals surface area contributed by atoms with Crippen LogP contribution in [-0.2, 0) is 13.1 Å². The van der Waals surface area contributed by atoms with Crippen molar-refractivity contribution in [3.63, 3.8) is 0 Å². The second-order valence-corrected chi connectivity index (χ2v) is 8.46. The molecule has 4 aromatic heterocycles. The van der Waals surface area contributed by atoms with Crippen molar-refractivity contribution >= 4 is 28.4 Å². The molecule has 0 bridgehead atoms. The van der Waals surface area contributed by atoms with Gasteiger partial charge < -0.3 is 25.4 Å². The first-order valence-corrected chi connectivity index (χ1v) is 11.2. The topological polar surface area (TPSA) is 113 Å². The molecule has 1 aliphatic rings. The Morgan fingerprint density at radius 1 is 1.12 bits per heavy atom. The highest BCUT2D eigenvalue weighted by molar-refractivity contribution is 6.04. The second-order valence-electron chi connectivity index (χ2n) is 8.46. The highest BCUT2D eigenvalue weighted by atomic mass is 16.1. The lowest BCUT2D eigenvalue weighted by molar-refractivity contribution is 0.102. The van der Waals surface area contributed by atoms with Crippen LogP contribution in [0.4, 0.5) is 11.6 Å². The van der Waals surface area contributed by atoms with Crippen LogP contribution in [0.1, 0.15) is 16.2 Å². The molecule has 1 amide bonds. The fourth-order valence-electron chi connectivity index (χ4n) is 3.89. The fraction of sp³-hybridized carbons (Fsp3) is 0.292. The number of pyridine rings is 3. The van der Waals surface area contributed by atoms with Gasteiger partial charge in [-0.1, -0.05) is 0 Å². The van der Waals surface area contributed by atoms with E-state index in [1.807, 2.05) is 32.4 Å². The first-order valence-electron chi connectivity index (χ1n) is 11.2. The monoisotopic (exact) mass is 457 g/mol. The number of carbonyl (C=O) groups is 1. The van der Waals surface area contributed by atoms with E-state index in [0.717, 1.165) is 60.8 Å². The maximum absolute atomic E-state index is 12.8. The van der Waals surface area contributed by atoms with Crippen LogP contribution in [0, 0.1) is 0 Å². The van der Waals surface area contributed by atoms with Crippen LogP contribution in [0.3, 0.4) is 0 Å². The van der Waals surface area contributed by atoms with Crippen molar-refractivity contribution in [1.29, 1.82) is 0 Å². The average molecular weight is 458 g/mol. The lowest BCUT2D eigenvalue weighted by Gasteiger charge is -2.17. The zero-order chi connectivity index (χ0) is 23.5. The van der Waals surface area contributed by atoms with E-state index in [0.29, 0.717) is 17.2 Å². The molecule has 0 saturated heterocycles. The third-order valence-corrected chi connectivity index (χ3v) is 5.70. The number of nitrogens with zero attached hydrogens (tertiary/aromatic N) is 6. The van der Waals surface area contributed by atoms with E-state index >= 15 is 0 Å². The molecule has 5 rings (SSSR count). The van der Waals surface area contributed by atoms with Gasteiger partial charge in [0.2, 0.25) is 0 Å². The van der Waals surface area contributed by atoms with E-state index < -0.39 is 0 Å². The maximum Gasteiger partial charge on any atom is 0.257 e. The van der Waals surface area contributed by atoms with Crippen LogP contribution in [0.25, 0.3) is 22.3 Å². The van der Waals surface area contributed by atoms with Crippen molar-refractivity contribution in [3.8, 4) is 11.4 Å². The number of rotatable bonds is 7. The third-order valence-electron chi connectivity index (χ3n) is 5.70. The number of likely N-dealkylation sites (N-methyl/N-ethyl adjacent to an activating group) is 1. The van der Waals surface area contributed by atoms with Crippen LogP contribution in [0.15, 0.2) is 48.9 Å². The summed E-state index contributed by atoms with van der Waals surface area (Å²) in [6.45, 7) is 4.14. The van der Waals surface area contributed by atoms with E-state index in [1.54, 1.807) is 30.6 Å². The number of hydrogen-bond acceptors (Lipinski definition) is 8. The van der Waals surface area contributed by atoms with Gasteiger partial charge in [0.05, 0.1) is 29.6 Å². The molecule has 0 spiro atoms. The standard InChI is InChI=1S/C24H27N9O/c1-32(2)9-8-27-21-11-16(5-6-26-21)24(34)31-22-12-19-17(13-28-22)3-4-18(30-19)20-14-29-23-15-25-7-10-33(20)23/h3-6,11-14,25H,7-10,15H2,1-2H3,(H,26,27)(H,28,31,34). The number of anilines is 2. The van der Waals surface area contributed by atoms with Crippen LogP contribution >= 0.6 is 0 Å². The molecule has 0 atom stereocenters. The minimum atomic E-state index is -0.251. The van der Waals surface area contributed by atoms with Gasteiger partial charge in [0.25, 0.3) is 5.91 Å². The van der Waals surface area contributed by atoms with E-state index in [2.05, 4.69) is 40.4 Å². The number of imidazole rings is 1. The van der Waals surface area contributed by atoms with Gasteiger partial charge in [-0.25, -0.2) is 19.9 Å². The van der Waals surface area contributed by atoms with Gasteiger partial charge >= 0.3 is 0 Å². The second kappa shape index (κ2) is 9.54. The molecule has 1 aliphatic heterocycles. The molecule has 34 heavy (non-hydrogen) atoms. The van der Waals surface area contributed by atoms with Crippen molar-refractivity contribution in [2.24, 2.45) is 0 Å². The summed E-state index contributed by atoms with van der Waals surface area (Å²) in [4.78, 5) is 32.9. The Bertz CT molecular complexity index is 1330. The number of nitrogens with one attached hydrogen (secondary N) is 3. The highest BCUT2D eigenvalue weighted by Gasteiger charge is 2.16. The Morgan fingerprint density at radius 2 is 2.03 bits per heavy atom. The first-order chi connectivity index (χ1) is 16.6. The Morgan fingerprint density at radius 3 is 2.91 bits per heavy atom. The smallest absolute Gasteiger partial charge is 0.257 e. The van der Waals surface area contributed by atoms with Crippen LogP contribution in [-0.4, -0.2) is 69.0 Å². The number of fused-ring (bicyclic) bond motifs is 2. The van der Waals surface area contributed by atoms with E-state index in [9.17, 15) is 4.79 Å². The Balaban J connectivity index is 1.34. The zero-order valence-corrected chi connectivity index (χ0v) is 19.2. The Kier molecular flexibility index (Phi) is 6.15. The van der Waals surface area contributed by atoms with Gasteiger partial charge in [0, 0.05) is 55.6 Å². The summed E-state index contributed by atoms with van der Waals surface area (Å²) in [5.74, 6) is 1.87. The predicted molar refractivity (Wildman–Crippen MR) is 132 cm³/mol. The number of hydrogen-bond donors (Lipinski definition) is 3. The van der Waals surface area contributed by atoms with Crippen molar-refractivity contribution < 1.29 is 4.79 Å². The minimum absolute atomic E-state index is 0.251. The molecular formula is C24H27N9O. The molecule has 0 aromatic carbocycles. The van der Waals surface area contributed by atoms with Crippen molar-refractivity contribution in [2.75, 3.05) is 44.4 Å². The fourth-order valence-corrected chi connectivity index (χ4v) is 3.89. The molecule has 174 valence electrons. The Hall–Kier alpha value is -3.89. The normalized spacial score (nSPS) is 13.1. The average Bonchev–Trinajstić information content (AvgIpc) is 3.28. The molecule has 0 unspecified atom stereocenters.